The predicted molar refractivity (Wildman–Crippen MR) is 101 cm³/mol. The number of likely N-dealkylation sites (tertiary alicyclic amines) is 1. The summed E-state index contributed by atoms with van der Waals surface area (Å²) in [6.07, 6.45) is 5.80. The number of aliphatic hydroxyl groups is 1. The zero-order valence-corrected chi connectivity index (χ0v) is 15.6. The van der Waals surface area contributed by atoms with Crippen LogP contribution >= 0.6 is 0 Å². The van der Waals surface area contributed by atoms with Crippen LogP contribution in [0.2, 0.25) is 0 Å². The fraction of sp³-hybridized carbons (Fsp3) is 0.421. The lowest BCUT2D eigenvalue weighted by Gasteiger charge is -2.32. The van der Waals surface area contributed by atoms with Crippen LogP contribution in [0.15, 0.2) is 42.9 Å². The zero-order valence-electron chi connectivity index (χ0n) is 15.6. The number of rotatable bonds is 6. The highest BCUT2D eigenvalue weighted by atomic mass is 16.3. The number of carbonyl (C=O) groups is 1. The van der Waals surface area contributed by atoms with Crippen LogP contribution in [0.1, 0.15) is 30.0 Å². The molecule has 1 N–H and O–H groups in total. The van der Waals surface area contributed by atoms with E-state index >= 15 is 0 Å². The highest BCUT2D eigenvalue weighted by Crippen LogP contribution is 2.26. The average Bonchev–Trinajstić information content (AvgIpc) is 3.41. The molecule has 0 aliphatic carbocycles. The number of hydrogen-bond donors (Lipinski definition) is 1. The molecule has 4 rings (SSSR count). The highest BCUT2D eigenvalue weighted by molar-refractivity contribution is 5.79. The molecule has 1 aliphatic rings. The molecule has 0 unspecified atom stereocenters. The molecule has 9 heteroatoms. The number of hydrogen-bond acceptors (Lipinski definition) is 6. The molecule has 0 saturated carbocycles. The summed E-state index contributed by atoms with van der Waals surface area (Å²) in [5.74, 6) is 0.384. The maximum atomic E-state index is 12.8. The van der Waals surface area contributed by atoms with E-state index in [0.717, 1.165) is 36.3 Å². The van der Waals surface area contributed by atoms with E-state index in [0.29, 0.717) is 19.5 Å². The molecule has 0 bridgehead atoms. The van der Waals surface area contributed by atoms with Gasteiger partial charge in [0.15, 0.2) is 0 Å². The Morgan fingerprint density at radius 2 is 2.07 bits per heavy atom. The maximum absolute atomic E-state index is 12.8. The fourth-order valence-corrected chi connectivity index (χ4v) is 3.60. The molecule has 9 nitrogen and oxygen atoms in total. The van der Waals surface area contributed by atoms with Crippen molar-refractivity contribution in [1.29, 1.82) is 0 Å². The van der Waals surface area contributed by atoms with E-state index in [1.54, 1.807) is 9.36 Å². The minimum absolute atomic E-state index is 0.0720. The molecule has 1 amide bonds. The monoisotopic (exact) mass is 381 g/mol. The summed E-state index contributed by atoms with van der Waals surface area (Å²) in [6, 6.07) is 9.68. The van der Waals surface area contributed by atoms with Crippen molar-refractivity contribution < 1.29 is 9.90 Å². The van der Waals surface area contributed by atoms with Gasteiger partial charge in [-0.15, -0.1) is 5.10 Å². The van der Waals surface area contributed by atoms with Crippen LogP contribution in [0.25, 0.3) is 5.69 Å². The minimum Gasteiger partial charge on any atom is -0.394 e. The lowest BCUT2D eigenvalue weighted by atomic mass is 9.94. The molecular weight excluding hydrogens is 358 g/mol. The molecule has 28 heavy (non-hydrogen) atoms. The van der Waals surface area contributed by atoms with Gasteiger partial charge in [-0.2, -0.15) is 5.10 Å². The first-order valence-electron chi connectivity index (χ1n) is 9.47. The van der Waals surface area contributed by atoms with Crippen molar-refractivity contribution in [3.63, 3.8) is 0 Å². The lowest BCUT2D eigenvalue weighted by molar-refractivity contribution is -0.131. The third-order valence-electron chi connectivity index (χ3n) is 5.09. The van der Waals surface area contributed by atoms with Crippen molar-refractivity contribution in [3.8, 4) is 5.69 Å². The molecule has 3 heterocycles. The van der Waals surface area contributed by atoms with Crippen molar-refractivity contribution >= 4 is 5.91 Å². The molecule has 1 saturated heterocycles. The number of aromatic nitrogens is 6. The van der Waals surface area contributed by atoms with E-state index < -0.39 is 0 Å². The van der Waals surface area contributed by atoms with Crippen molar-refractivity contribution in [2.45, 2.75) is 31.7 Å². The Labute approximate surface area is 162 Å². The van der Waals surface area contributed by atoms with Crippen molar-refractivity contribution in [1.82, 2.24) is 34.9 Å². The van der Waals surface area contributed by atoms with Gasteiger partial charge in [0, 0.05) is 25.2 Å². The molecule has 3 aromatic rings. The molecule has 1 aromatic carbocycles. The molecule has 0 radical (unpaired) electrons. The van der Waals surface area contributed by atoms with Crippen molar-refractivity contribution in [2.24, 2.45) is 0 Å². The van der Waals surface area contributed by atoms with Gasteiger partial charge in [0.05, 0.1) is 31.0 Å². The third kappa shape index (κ3) is 4.09. The molecule has 0 spiro atoms. The number of benzene rings is 1. The van der Waals surface area contributed by atoms with Gasteiger partial charge in [0.1, 0.15) is 6.33 Å². The number of carbonyl (C=O) groups excluding carboxylic acids is 1. The highest BCUT2D eigenvalue weighted by Gasteiger charge is 2.26. The molecule has 2 aromatic heterocycles. The Bertz CT molecular complexity index is 905. The van der Waals surface area contributed by atoms with Crippen LogP contribution in [0.5, 0.6) is 0 Å². The first-order chi connectivity index (χ1) is 13.7. The van der Waals surface area contributed by atoms with Crippen LogP contribution in [0.3, 0.4) is 0 Å². The van der Waals surface area contributed by atoms with E-state index in [-0.39, 0.29) is 18.4 Å². The standard InChI is InChI=1S/C19H23N7O2/c27-11-10-25-9-7-18(21-25)16-2-1-8-24(13-16)19(28)12-15-3-5-17(6-4-15)26-14-20-22-23-26/h3-7,9,14,16,27H,1-2,8,10-13H2/t16-/m0/s1. The second-order valence-corrected chi connectivity index (χ2v) is 7.00. The molecule has 1 fully saturated rings. The molecule has 1 aliphatic heterocycles. The molecule has 146 valence electrons. The number of tetrazole rings is 1. The topological polar surface area (TPSA) is 102 Å². The molecule has 1 atom stereocenters. The van der Waals surface area contributed by atoms with Gasteiger partial charge < -0.3 is 10.0 Å². The number of amides is 1. The smallest absolute Gasteiger partial charge is 0.227 e. The molecular formula is C19H23N7O2. The Morgan fingerprint density at radius 1 is 1.21 bits per heavy atom. The Morgan fingerprint density at radius 3 is 2.82 bits per heavy atom. The van der Waals surface area contributed by atoms with Gasteiger partial charge in [-0.05, 0) is 47.0 Å². The first-order valence-corrected chi connectivity index (χ1v) is 9.47. The SMILES string of the molecule is O=C(Cc1ccc(-n2cnnn2)cc1)N1CCC[C@H](c2ccn(CCO)n2)C1. The van der Waals surface area contributed by atoms with Gasteiger partial charge in [0.25, 0.3) is 0 Å². The fourth-order valence-electron chi connectivity index (χ4n) is 3.60. The van der Waals surface area contributed by atoms with Crippen LogP contribution < -0.4 is 0 Å². The largest absolute Gasteiger partial charge is 0.394 e. The van der Waals surface area contributed by atoms with Gasteiger partial charge in [-0.25, -0.2) is 4.68 Å². The van der Waals surface area contributed by atoms with Crippen molar-refractivity contribution in [3.05, 3.63) is 54.1 Å². The minimum atomic E-state index is 0.0720. The van der Waals surface area contributed by atoms with Gasteiger partial charge in [-0.3, -0.25) is 9.48 Å². The summed E-state index contributed by atoms with van der Waals surface area (Å²) in [5.41, 5.74) is 2.82. The Balaban J connectivity index is 1.37. The van der Waals surface area contributed by atoms with Gasteiger partial charge in [-0.1, -0.05) is 12.1 Å². The van der Waals surface area contributed by atoms with Crippen LogP contribution in [-0.2, 0) is 17.8 Å². The normalized spacial score (nSPS) is 17.0. The van der Waals surface area contributed by atoms with Crippen LogP contribution in [0, 0.1) is 0 Å². The maximum Gasteiger partial charge on any atom is 0.227 e. The average molecular weight is 381 g/mol. The summed E-state index contributed by atoms with van der Waals surface area (Å²) in [4.78, 5) is 14.7. The number of nitrogens with zero attached hydrogens (tertiary/aromatic N) is 7. The van der Waals surface area contributed by atoms with E-state index in [4.69, 9.17) is 5.11 Å². The predicted octanol–water partition coefficient (Wildman–Crippen LogP) is 0.800. The van der Waals surface area contributed by atoms with Gasteiger partial charge in [0.2, 0.25) is 5.91 Å². The van der Waals surface area contributed by atoms with Crippen molar-refractivity contribution in [2.75, 3.05) is 19.7 Å². The Hall–Kier alpha value is -3.07. The van der Waals surface area contributed by atoms with Gasteiger partial charge >= 0.3 is 0 Å². The Kier molecular flexibility index (Phi) is 5.43. The second kappa shape index (κ2) is 8.30. The quantitative estimate of drug-likeness (QED) is 0.678. The summed E-state index contributed by atoms with van der Waals surface area (Å²) in [5, 5.41) is 24.7. The summed E-state index contributed by atoms with van der Waals surface area (Å²) in [6.45, 7) is 2.05. The van der Waals surface area contributed by atoms with E-state index in [9.17, 15) is 4.79 Å². The summed E-state index contributed by atoms with van der Waals surface area (Å²) in [7, 11) is 0. The summed E-state index contributed by atoms with van der Waals surface area (Å²) < 4.78 is 3.33. The van der Waals surface area contributed by atoms with E-state index in [1.165, 1.54) is 6.33 Å². The summed E-state index contributed by atoms with van der Waals surface area (Å²) >= 11 is 0. The van der Waals surface area contributed by atoms with Crippen LogP contribution in [0.4, 0.5) is 0 Å². The van der Waals surface area contributed by atoms with E-state index in [2.05, 4.69) is 20.6 Å². The second-order valence-electron chi connectivity index (χ2n) is 7.00. The number of aliphatic hydroxyl groups excluding tert-OH is 1. The zero-order chi connectivity index (χ0) is 19.3. The number of piperidine rings is 1. The first kappa shape index (κ1) is 18.3. The van der Waals surface area contributed by atoms with E-state index in [1.807, 2.05) is 41.4 Å². The van der Waals surface area contributed by atoms with Crippen LogP contribution in [-0.4, -0.2) is 65.6 Å². The lowest BCUT2D eigenvalue weighted by Crippen LogP contribution is -2.40. The third-order valence-corrected chi connectivity index (χ3v) is 5.09.